The Labute approximate surface area is 157 Å². The zero-order valence-corrected chi connectivity index (χ0v) is 14.4. The van der Waals surface area contributed by atoms with E-state index < -0.39 is 16.7 Å². The van der Waals surface area contributed by atoms with E-state index in [1.165, 1.54) is 28.8 Å². The van der Waals surface area contributed by atoms with Crippen molar-refractivity contribution in [1.29, 1.82) is 0 Å². The average molecular weight is 382 g/mol. The second kappa shape index (κ2) is 6.53. The van der Waals surface area contributed by atoms with Crippen LogP contribution in [0.5, 0.6) is 0 Å². The van der Waals surface area contributed by atoms with Crippen LogP contribution in [0.2, 0.25) is 0 Å². The van der Waals surface area contributed by atoms with Crippen molar-refractivity contribution in [3.05, 3.63) is 94.7 Å². The van der Waals surface area contributed by atoms with Gasteiger partial charge in [-0.05, 0) is 40.6 Å². The molecule has 28 heavy (non-hydrogen) atoms. The molecule has 4 rings (SSSR count). The van der Waals surface area contributed by atoms with Crippen molar-refractivity contribution in [3.8, 4) is 16.9 Å². The number of aromatic nitrogens is 1. The molecule has 3 aromatic carbocycles. The van der Waals surface area contributed by atoms with Crippen LogP contribution in [0.25, 0.3) is 27.7 Å². The first-order valence-electron chi connectivity index (χ1n) is 8.36. The maximum atomic E-state index is 13.3. The summed E-state index contributed by atoms with van der Waals surface area (Å²) in [5.41, 5.74) is 0.469. The summed E-state index contributed by atoms with van der Waals surface area (Å²) in [6, 6.07) is 19.5. The van der Waals surface area contributed by atoms with E-state index >= 15 is 0 Å². The molecule has 0 spiro atoms. The number of rotatable bonds is 3. The van der Waals surface area contributed by atoms with Crippen LogP contribution in [-0.4, -0.2) is 9.49 Å². The molecule has 0 saturated carbocycles. The summed E-state index contributed by atoms with van der Waals surface area (Å²) in [6.07, 6.45) is -3.50. The highest BCUT2D eigenvalue weighted by Crippen LogP contribution is 2.36. The number of hydrogen-bond donors (Lipinski definition) is 0. The Morgan fingerprint density at radius 2 is 1.54 bits per heavy atom. The molecule has 0 atom stereocenters. The SMILES string of the molecule is O=[N+]([O-])c1ccc(-n2cc(C(F)(F)F)cc2-c2ccc3ccccc3c2)cc1. The highest BCUT2D eigenvalue weighted by atomic mass is 19.4. The van der Waals surface area contributed by atoms with Gasteiger partial charge in [-0.25, -0.2) is 0 Å². The molecule has 7 heteroatoms. The van der Waals surface area contributed by atoms with Gasteiger partial charge in [0.1, 0.15) is 0 Å². The Morgan fingerprint density at radius 1 is 0.857 bits per heavy atom. The number of halogens is 3. The van der Waals surface area contributed by atoms with Gasteiger partial charge in [0.15, 0.2) is 0 Å². The van der Waals surface area contributed by atoms with Crippen LogP contribution < -0.4 is 0 Å². The topological polar surface area (TPSA) is 48.1 Å². The van der Waals surface area contributed by atoms with Crippen LogP contribution in [0.15, 0.2) is 79.0 Å². The predicted octanol–water partition coefficient (Wildman–Crippen LogP) is 6.22. The molecule has 0 aliphatic carbocycles. The van der Waals surface area contributed by atoms with Crippen LogP contribution in [0, 0.1) is 10.1 Å². The number of nitro benzene ring substituents is 1. The molecule has 0 aliphatic rings. The third-order valence-corrected chi connectivity index (χ3v) is 4.53. The van der Waals surface area contributed by atoms with Crippen LogP contribution in [0.1, 0.15) is 5.56 Å². The molecule has 4 aromatic rings. The normalized spacial score (nSPS) is 11.7. The largest absolute Gasteiger partial charge is 0.417 e. The smallest absolute Gasteiger partial charge is 0.316 e. The highest BCUT2D eigenvalue weighted by Gasteiger charge is 2.33. The quantitative estimate of drug-likeness (QED) is 0.312. The number of hydrogen-bond acceptors (Lipinski definition) is 2. The Balaban J connectivity index is 1.89. The molecule has 0 aliphatic heterocycles. The van der Waals surface area contributed by atoms with Crippen LogP contribution >= 0.6 is 0 Å². The van der Waals surface area contributed by atoms with Crippen molar-refractivity contribution < 1.29 is 18.1 Å². The number of nitro groups is 1. The van der Waals surface area contributed by atoms with Crippen LogP contribution in [-0.2, 0) is 6.18 Å². The van der Waals surface area contributed by atoms with Crippen LogP contribution in [0.3, 0.4) is 0 Å². The van der Waals surface area contributed by atoms with Gasteiger partial charge in [0.05, 0.1) is 16.2 Å². The fraction of sp³-hybridized carbons (Fsp3) is 0.0476. The standard InChI is InChI=1S/C21H13F3N2O2/c22-21(23,24)17-12-20(16-6-5-14-3-1-2-4-15(14)11-16)25(13-17)18-7-9-19(10-8-18)26(27)28/h1-13H. The Kier molecular flexibility index (Phi) is 4.15. The molecule has 0 saturated heterocycles. The number of nitrogens with zero attached hydrogens (tertiary/aromatic N) is 2. The molecule has 1 heterocycles. The number of benzene rings is 3. The van der Waals surface area contributed by atoms with E-state index in [-0.39, 0.29) is 5.69 Å². The van der Waals surface area contributed by atoms with Gasteiger partial charge in [0.2, 0.25) is 0 Å². The molecule has 0 bridgehead atoms. The monoisotopic (exact) mass is 382 g/mol. The molecule has 1 aromatic heterocycles. The van der Waals surface area contributed by atoms with Gasteiger partial charge < -0.3 is 4.57 Å². The summed E-state index contributed by atoms with van der Waals surface area (Å²) in [7, 11) is 0. The van der Waals surface area contributed by atoms with Crippen molar-refractivity contribution in [1.82, 2.24) is 4.57 Å². The number of non-ortho nitro benzene ring substituents is 1. The lowest BCUT2D eigenvalue weighted by Crippen LogP contribution is -2.03. The third kappa shape index (κ3) is 3.22. The number of alkyl halides is 3. The van der Waals surface area contributed by atoms with Crippen molar-refractivity contribution in [2.24, 2.45) is 0 Å². The molecule has 0 radical (unpaired) electrons. The Bertz CT molecular complexity index is 1180. The average Bonchev–Trinajstić information content (AvgIpc) is 3.13. The van der Waals surface area contributed by atoms with Gasteiger partial charge in [-0.15, -0.1) is 0 Å². The van der Waals surface area contributed by atoms with E-state index in [1.807, 2.05) is 36.4 Å². The summed E-state index contributed by atoms with van der Waals surface area (Å²) in [4.78, 5) is 10.3. The van der Waals surface area contributed by atoms with E-state index in [9.17, 15) is 23.3 Å². The molecule has 4 nitrogen and oxygen atoms in total. The molecule has 0 fully saturated rings. The lowest BCUT2D eigenvalue weighted by atomic mass is 10.0. The molecule has 0 N–H and O–H groups in total. The van der Waals surface area contributed by atoms with Gasteiger partial charge in [-0.1, -0.05) is 36.4 Å². The van der Waals surface area contributed by atoms with Crippen molar-refractivity contribution in [2.45, 2.75) is 6.18 Å². The first-order chi connectivity index (χ1) is 13.3. The Hall–Kier alpha value is -3.61. The third-order valence-electron chi connectivity index (χ3n) is 4.53. The first-order valence-corrected chi connectivity index (χ1v) is 8.36. The first kappa shape index (κ1) is 17.8. The fourth-order valence-electron chi connectivity index (χ4n) is 3.14. The van der Waals surface area contributed by atoms with Gasteiger partial charge >= 0.3 is 6.18 Å². The number of fused-ring (bicyclic) bond motifs is 1. The minimum atomic E-state index is -4.50. The van der Waals surface area contributed by atoms with Crippen molar-refractivity contribution >= 4 is 16.5 Å². The maximum absolute atomic E-state index is 13.3. The van der Waals surface area contributed by atoms with Gasteiger partial charge in [0.25, 0.3) is 5.69 Å². The summed E-state index contributed by atoms with van der Waals surface area (Å²) in [5, 5.41) is 12.7. The summed E-state index contributed by atoms with van der Waals surface area (Å²) in [5.74, 6) is 0. The van der Waals surface area contributed by atoms with Crippen molar-refractivity contribution in [3.63, 3.8) is 0 Å². The minimum Gasteiger partial charge on any atom is -0.316 e. The second-order valence-electron chi connectivity index (χ2n) is 6.32. The van der Waals surface area contributed by atoms with E-state index in [0.717, 1.165) is 23.0 Å². The zero-order chi connectivity index (χ0) is 19.9. The van der Waals surface area contributed by atoms with Crippen LogP contribution in [0.4, 0.5) is 18.9 Å². The fourth-order valence-corrected chi connectivity index (χ4v) is 3.14. The molecular weight excluding hydrogens is 369 g/mol. The van der Waals surface area contributed by atoms with E-state index in [2.05, 4.69) is 0 Å². The van der Waals surface area contributed by atoms with E-state index in [1.54, 1.807) is 6.07 Å². The van der Waals surface area contributed by atoms with E-state index in [4.69, 9.17) is 0 Å². The van der Waals surface area contributed by atoms with E-state index in [0.29, 0.717) is 16.9 Å². The van der Waals surface area contributed by atoms with Gasteiger partial charge in [-0.2, -0.15) is 13.2 Å². The van der Waals surface area contributed by atoms with Gasteiger partial charge in [0, 0.05) is 24.0 Å². The molecule has 0 unspecified atom stereocenters. The predicted molar refractivity (Wildman–Crippen MR) is 100 cm³/mol. The highest BCUT2D eigenvalue weighted by molar-refractivity contribution is 5.87. The van der Waals surface area contributed by atoms with Gasteiger partial charge in [-0.3, -0.25) is 10.1 Å². The second-order valence-corrected chi connectivity index (χ2v) is 6.32. The summed E-state index contributed by atoms with van der Waals surface area (Å²) < 4.78 is 41.4. The molecule has 140 valence electrons. The lowest BCUT2D eigenvalue weighted by Gasteiger charge is -2.10. The zero-order valence-electron chi connectivity index (χ0n) is 14.4. The minimum absolute atomic E-state index is 0.126. The lowest BCUT2D eigenvalue weighted by molar-refractivity contribution is -0.384. The molecular formula is C21H13F3N2O2. The van der Waals surface area contributed by atoms with Crippen molar-refractivity contribution in [2.75, 3.05) is 0 Å². The maximum Gasteiger partial charge on any atom is 0.417 e. The molecule has 0 amide bonds. The Morgan fingerprint density at radius 3 is 2.18 bits per heavy atom. The summed E-state index contributed by atoms with van der Waals surface area (Å²) >= 11 is 0. The summed E-state index contributed by atoms with van der Waals surface area (Å²) in [6.45, 7) is 0.